The molecule has 0 spiro atoms. The molecule has 164 valence electrons. The molecule has 3 aromatic rings. The quantitative estimate of drug-likeness (QED) is 0.486. The second-order valence-corrected chi connectivity index (χ2v) is 12.2. The van der Waals surface area contributed by atoms with Crippen molar-refractivity contribution in [3.8, 4) is 11.4 Å². The number of benzene rings is 1. The van der Waals surface area contributed by atoms with Crippen molar-refractivity contribution in [3.05, 3.63) is 62.9 Å². The van der Waals surface area contributed by atoms with Gasteiger partial charge < -0.3 is 9.67 Å². The van der Waals surface area contributed by atoms with E-state index in [4.69, 9.17) is 4.98 Å². The lowest BCUT2D eigenvalue weighted by atomic mass is 9.77. The molecule has 5 nitrogen and oxygen atoms in total. The Morgan fingerprint density at radius 1 is 1.16 bits per heavy atom. The van der Waals surface area contributed by atoms with Gasteiger partial charge >= 0.3 is 0 Å². The molecule has 0 amide bonds. The molecular weight excluding hydrogens is 416 g/mol. The fraction of sp³-hybridized carbons (Fsp3) is 0.423. The van der Waals surface area contributed by atoms with Crippen molar-refractivity contribution in [2.24, 2.45) is 0 Å². The van der Waals surface area contributed by atoms with Crippen LogP contribution >= 0.6 is 0 Å². The first-order chi connectivity index (χ1) is 15.1. The number of ketones is 1. The van der Waals surface area contributed by atoms with Crippen molar-refractivity contribution >= 4 is 26.2 Å². The molecule has 0 saturated heterocycles. The molecule has 2 aliphatic rings. The van der Waals surface area contributed by atoms with Crippen LogP contribution in [0.4, 0.5) is 0 Å². The third-order valence-corrected chi connectivity index (χ3v) is 8.48. The summed E-state index contributed by atoms with van der Waals surface area (Å²) < 4.78 is 1.80. The fourth-order valence-electron chi connectivity index (χ4n) is 5.05. The van der Waals surface area contributed by atoms with E-state index in [1.807, 2.05) is 24.3 Å². The Kier molecular flexibility index (Phi) is 4.80. The summed E-state index contributed by atoms with van der Waals surface area (Å²) >= 11 is 0. The smallest absolute Gasteiger partial charge is 0.254 e. The predicted molar refractivity (Wildman–Crippen MR) is 127 cm³/mol. The summed E-state index contributed by atoms with van der Waals surface area (Å²) in [6, 6.07) is 11.0. The molecule has 1 aliphatic carbocycles. The van der Waals surface area contributed by atoms with Gasteiger partial charge in [-0.3, -0.25) is 9.59 Å². The lowest BCUT2D eigenvalue weighted by Crippen LogP contribution is -2.43. The summed E-state index contributed by atoms with van der Waals surface area (Å²) in [7, 11) is 0.743. The number of hydrogen-bond donors (Lipinski definition) is 1. The first-order valence-corrected chi connectivity index (χ1v) is 12.5. The van der Waals surface area contributed by atoms with Gasteiger partial charge in [-0.1, -0.05) is 45.9 Å². The normalized spacial score (nSPS) is 19.7. The molecule has 0 unspecified atom stereocenters. The van der Waals surface area contributed by atoms with Crippen LogP contribution in [-0.2, 0) is 29.4 Å². The van der Waals surface area contributed by atoms with E-state index in [0.717, 1.165) is 43.4 Å². The van der Waals surface area contributed by atoms with E-state index in [1.165, 1.54) is 5.56 Å². The minimum atomic E-state index is -1.58. The van der Waals surface area contributed by atoms with Crippen molar-refractivity contribution in [1.29, 1.82) is 0 Å². The van der Waals surface area contributed by atoms with Crippen LogP contribution in [0.2, 0.25) is 5.04 Å². The molecule has 0 saturated carbocycles. The van der Waals surface area contributed by atoms with Crippen molar-refractivity contribution in [1.82, 2.24) is 9.55 Å². The maximum atomic E-state index is 13.5. The topological polar surface area (TPSA) is 72.2 Å². The van der Waals surface area contributed by atoms with E-state index in [9.17, 15) is 14.7 Å². The van der Waals surface area contributed by atoms with Gasteiger partial charge in [0, 0.05) is 38.0 Å². The first-order valence-electron chi connectivity index (χ1n) is 11.3. The highest BCUT2D eigenvalue weighted by atomic mass is 28.2. The number of aromatic nitrogens is 2. The van der Waals surface area contributed by atoms with Gasteiger partial charge in [0.25, 0.3) is 5.56 Å². The van der Waals surface area contributed by atoms with Crippen molar-refractivity contribution < 1.29 is 9.90 Å². The van der Waals surface area contributed by atoms with Gasteiger partial charge in [-0.05, 0) is 41.6 Å². The fourth-order valence-corrected chi connectivity index (χ4v) is 6.16. The van der Waals surface area contributed by atoms with Crippen LogP contribution < -0.4 is 5.56 Å². The number of hydrogen-bond acceptors (Lipinski definition) is 4. The lowest BCUT2D eigenvalue weighted by Gasteiger charge is -2.32. The largest absolute Gasteiger partial charge is 0.377 e. The molecule has 32 heavy (non-hydrogen) atoms. The van der Waals surface area contributed by atoms with E-state index < -0.39 is 5.60 Å². The average molecular weight is 445 g/mol. The Balaban J connectivity index is 1.76. The molecule has 0 fully saturated rings. The van der Waals surface area contributed by atoms with Crippen LogP contribution in [0.5, 0.6) is 0 Å². The first kappa shape index (κ1) is 21.3. The number of pyridine rings is 2. The molecule has 0 bridgehead atoms. The van der Waals surface area contributed by atoms with Gasteiger partial charge in [0.2, 0.25) is 0 Å². The van der Waals surface area contributed by atoms with E-state index in [2.05, 4.69) is 26.8 Å². The van der Waals surface area contributed by atoms with Crippen LogP contribution in [0, 0.1) is 0 Å². The summed E-state index contributed by atoms with van der Waals surface area (Å²) in [5.74, 6) is -0.200. The highest BCUT2D eigenvalue weighted by Gasteiger charge is 2.43. The van der Waals surface area contributed by atoms with Gasteiger partial charge in [0.1, 0.15) is 5.60 Å². The van der Waals surface area contributed by atoms with Crippen LogP contribution in [-0.4, -0.2) is 30.0 Å². The summed E-state index contributed by atoms with van der Waals surface area (Å²) in [4.78, 5) is 31.1. The molecule has 1 aromatic carbocycles. The number of carbonyl (C=O) groups is 1. The zero-order valence-electron chi connectivity index (χ0n) is 19.1. The van der Waals surface area contributed by atoms with Crippen molar-refractivity contribution in [2.75, 3.05) is 0 Å². The molecule has 3 heterocycles. The average Bonchev–Trinajstić information content (AvgIpc) is 3.12. The highest BCUT2D eigenvalue weighted by molar-refractivity contribution is 6.39. The number of para-hydroxylation sites is 1. The van der Waals surface area contributed by atoms with Gasteiger partial charge in [-0.15, -0.1) is 0 Å². The molecule has 6 heteroatoms. The standard InChI is InChI=1S/C26H28N2O3Si/c1-5-26(31)19-12-21-23-17(13-28(21)24(30)16(19)10-11-22(26)29)18(14-32-25(2,3)4)15-8-6-7-9-20(15)27-23/h6-9,12,31H,5,10-11,13-14H2,1-4H3/t26-/m0/s1. The zero-order valence-corrected chi connectivity index (χ0v) is 20.1. The molecule has 1 N–H and O–H groups in total. The number of rotatable bonds is 3. The van der Waals surface area contributed by atoms with Crippen LogP contribution in [0.1, 0.15) is 62.8 Å². The molecule has 1 atom stereocenters. The van der Waals surface area contributed by atoms with Crippen molar-refractivity contribution in [3.63, 3.8) is 0 Å². The number of nitrogens with zero attached hydrogens (tertiary/aromatic N) is 2. The second kappa shape index (κ2) is 7.22. The lowest BCUT2D eigenvalue weighted by molar-refractivity contribution is -0.140. The number of aliphatic hydroxyl groups is 1. The molecule has 1 aliphatic heterocycles. The van der Waals surface area contributed by atoms with Crippen LogP contribution in [0.3, 0.4) is 0 Å². The molecule has 5 rings (SSSR count). The second-order valence-electron chi connectivity index (χ2n) is 9.99. The minimum absolute atomic E-state index is 0.0943. The zero-order chi connectivity index (χ0) is 22.8. The number of carbonyl (C=O) groups excluding carboxylic acids is 1. The monoisotopic (exact) mass is 444 g/mol. The van der Waals surface area contributed by atoms with Crippen LogP contribution in [0.25, 0.3) is 22.3 Å². The maximum absolute atomic E-state index is 13.5. The Labute approximate surface area is 190 Å². The van der Waals surface area contributed by atoms with Gasteiger partial charge in [0.05, 0.1) is 23.4 Å². The third kappa shape index (κ3) is 3.11. The minimum Gasteiger partial charge on any atom is -0.377 e. The van der Waals surface area contributed by atoms with E-state index in [-0.39, 0.29) is 29.2 Å². The Morgan fingerprint density at radius 2 is 1.91 bits per heavy atom. The molecular formula is C26H28N2O3Si. The van der Waals surface area contributed by atoms with E-state index in [0.29, 0.717) is 24.1 Å². The predicted octanol–water partition coefficient (Wildman–Crippen LogP) is 3.96. The SMILES string of the molecule is CC[C@@]1(O)C(=O)CCc2c1cc1n(c2=O)Cc2c-1nc1ccccc1c2C[Si]C(C)(C)C. The van der Waals surface area contributed by atoms with Gasteiger partial charge in [-0.25, -0.2) is 4.98 Å². The van der Waals surface area contributed by atoms with E-state index >= 15 is 0 Å². The number of fused-ring (bicyclic) bond motifs is 5. The number of Topliss-reactive ketones (excluding diaryl/α,β-unsaturated/α-hetero) is 1. The summed E-state index contributed by atoms with van der Waals surface area (Å²) in [5, 5.41) is 12.6. The van der Waals surface area contributed by atoms with Gasteiger partial charge in [0.15, 0.2) is 5.78 Å². The molecule has 2 aromatic heterocycles. The highest BCUT2D eigenvalue weighted by Crippen LogP contribution is 2.41. The Morgan fingerprint density at radius 3 is 2.62 bits per heavy atom. The van der Waals surface area contributed by atoms with Crippen LogP contribution in [0.15, 0.2) is 35.1 Å². The Bertz CT molecular complexity index is 1340. The van der Waals surface area contributed by atoms with Gasteiger partial charge in [-0.2, -0.15) is 0 Å². The third-order valence-electron chi connectivity index (χ3n) is 6.89. The van der Waals surface area contributed by atoms with Crippen molar-refractivity contribution in [2.45, 2.75) is 70.2 Å². The van der Waals surface area contributed by atoms with E-state index in [1.54, 1.807) is 11.5 Å². The summed E-state index contributed by atoms with van der Waals surface area (Å²) in [6.07, 6.45) is 0.857. The summed E-state index contributed by atoms with van der Waals surface area (Å²) in [5.41, 5.74) is 4.20. The summed E-state index contributed by atoms with van der Waals surface area (Å²) in [6.45, 7) is 9.06. The Hall–Kier alpha value is -2.57. The maximum Gasteiger partial charge on any atom is 0.254 e. The molecule has 2 radical (unpaired) electrons.